The van der Waals surface area contributed by atoms with Gasteiger partial charge in [0, 0.05) is 14.1 Å². The van der Waals surface area contributed by atoms with Crippen molar-refractivity contribution in [2.24, 2.45) is 0 Å². The molecule has 0 aromatic carbocycles. The Morgan fingerprint density at radius 2 is 2.17 bits per heavy atom. The third kappa shape index (κ3) is 2.46. The number of hydrogen-bond acceptors (Lipinski definition) is 6. The molecule has 0 aliphatic heterocycles. The van der Waals surface area contributed by atoms with E-state index in [4.69, 9.17) is 9.68 Å². The topological polar surface area (TPSA) is 121 Å². The molecule has 8 nitrogen and oxygen atoms in total. The van der Waals surface area contributed by atoms with Gasteiger partial charge in [-0.15, -0.1) is 0 Å². The number of carbonyl (C=O) groups is 1. The van der Waals surface area contributed by atoms with Gasteiger partial charge in [0.2, 0.25) is 0 Å². The molecule has 1 rings (SSSR count). The zero-order valence-corrected chi connectivity index (χ0v) is 9.58. The maximum absolute atomic E-state index is 11.5. The van der Waals surface area contributed by atoms with Crippen LogP contribution in [0.2, 0.25) is 0 Å². The van der Waals surface area contributed by atoms with E-state index in [9.17, 15) is 20.0 Å². The van der Waals surface area contributed by atoms with Gasteiger partial charge in [-0.3, -0.25) is 14.9 Å². The molecule has 1 aromatic rings. The van der Waals surface area contributed by atoms with Crippen LogP contribution >= 0.6 is 0 Å². The normalized spacial score (nSPS) is 11.4. The number of nitro groups is 1. The molecule has 0 spiro atoms. The fraction of sp³-hybridized carbons (Fsp3) is 0.200. The predicted molar refractivity (Wildman–Crippen MR) is 59.2 cm³/mol. The van der Waals surface area contributed by atoms with Crippen molar-refractivity contribution in [2.45, 2.75) is 0 Å². The van der Waals surface area contributed by atoms with Gasteiger partial charge in [-0.25, -0.2) is 0 Å². The Balaban J connectivity index is 3.24. The van der Waals surface area contributed by atoms with E-state index in [1.54, 1.807) is 0 Å². The van der Waals surface area contributed by atoms with Crippen LogP contribution in [-0.4, -0.2) is 34.9 Å². The highest BCUT2D eigenvalue weighted by molar-refractivity contribution is 6.02. The van der Waals surface area contributed by atoms with Gasteiger partial charge in [0.1, 0.15) is 11.0 Å². The molecule has 1 heterocycles. The van der Waals surface area contributed by atoms with Crippen LogP contribution in [0.4, 0.5) is 5.88 Å². The summed E-state index contributed by atoms with van der Waals surface area (Å²) in [5.41, 5.74) is -0.552. The molecule has 1 amide bonds. The maximum Gasteiger partial charge on any atom is 0.433 e. The Kier molecular flexibility index (Phi) is 3.68. The van der Waals surface area contributed by atoms with Crippen molar-refractivity contribution in [1.29, 1.82) is 5.26 Å². The molecule has 18 heavy (non-hydrogen) atoms. The number of aliphatic hydroxyl groups is 1. The van der Waals surface area contributed by atoms with Crippen LogP contribution < -0.4 is 0 Å². The molecule has 1 N–H and O–H groups in total. The Bertz CT molecular complexity index is 564. The van der Waals surface area contributed by atoms with E-state index in [1.165, 1.54) is 20.2 Å². The van der Waals surface area contributed by atoms with E-state index >= 15 is 0 Å². The molecule has 0 fully saturated rings. The Morgan fingerprint density at radius 1 is 1.56 bits per heavy atom. The third-order valence-corrected chi connectivity index (χ3v) is 1.97. The van der Waals surface area contributed by atoms with Crippen molar-refractivity contribution in [1.82, 2.24) is 4.90 Å². The lowest BCUT2D eigenvalue weighted by molar-refractivity contribution is -0.402. The first-order valence-corrected chi connectivity index (χ1v) is 4.68. The zero-order chi connectivity index (χ0) is 13.9. The molecular weight excluding hydrogens is 242 g/mol. The average Bonchev–Trinajstić information content (AvgIpc) is 2.78. The highest BCUT2D eigenvalue weighted by Crippen LogP contribution is 2.23. The van der Waals surface area contributed by atoms with Gasteiger partial charge in [-0.2, -0.15) is 5.26 Å². The lowest BCUT2D eigenvalue weighted by Gasteiger charge is -2.09. The molecule has 0 atom stereocenters. The minimum atomic E-state index is -0.795. The first kappa shape index (κ1) is 13.2. The number of aliphatic hydroxyl groups excluding tert-OH is 1. The zero-order valence-electron chi connectivity index (χ0n) is 9.58. The van der Waals surface area contributed by atoms with Gasteiger partial charge in [0.15, 0.2) is 17.1 Å². The summed E-state index contributed by atoms with van der Waals surface area (Å²) < 4.78 is 4.69. The van der Waals surface area contributed by atoms with E-state index in [-0.39, 0.29) is 5.76 Å². The molecule has 0 aliphatic rings. The van der Waals surface area contributed by atoms with E-state index < -0.39 is 28.0 Å². The first-order chi connectivity index (χ1) is 8.38. The number of amides is 1. The highest BCUT2D eigenvalue weighted by Gasteiger charge is 2.22. The largest absolute Gasteiger partial charge is 0.503 e. The second-order valence-corrected chi connectivity index (χ2v) is 3.43. The molecule has 0 saturated heterocycles. The first-order valence-electron chi connectivity index (χ1n) is 4.68. The van der Waals surface area contributed by atoms with E-state index in [2.05, 4.69) is 0 Å². The van der Waals surface area contributed by atoms with E-state index in [0.717, 1.165) is 17.0 Å². The van der Waals surface area contributed by atoms with Crippen molar-refractivity contribution in [3.63, 3.8) is 0 Å². The Labute approximate surface area is 101 Å². The van der Waals surface area contributed by atoms with Crippen LogP contribution in [0, 0.1) is 21.4 Å². The molecule has 0 radical (unpaired) electrons. The SMILES string of the molecule is CN(C)C(=O)C(C#N)=C(O)c1ccc([N+](=O)[O-])o1. The van der Waals surface area contributed by atoms with Gasteiger partial charge >= 0.3 is 5.88 Å². The van der Waals surface area contributed by atoms with Gasteiger partial charge in [0.25, 0.3) is 5.91 Å². The van der Waals surface area contributed by atoms with Gasteiger partial charge < -0.3 is 14.4 Å². The minimum absolute atomic E-state index is 0.312. The van der Waals surface area contributed by atoms with Gasteiger partial charge in [0.05, 0.1) is 6.07 Å². The number of rotatable bonds is 3. The van der Waals surface area contributed by atoms with Crippen LogP contribution in [0.15, 0.2) is 22.1 Å². The fourth-order valence-corrected chi connectivity index (χ4v) is 1.10. The lowest BCUT2D eigenvalue weighted by Crippen LogP contribution is -2.23. The summed E-state index contributed by atoms with van der Waals surface area (Å²) in [5.74, 6) is -2.36. The van der Waals surface area contributed by atoms with E-state index in [0.29, 0.717) is 0 Å². The summed E-state index contributed by atoms with van der Waals surface area (Å²) in [7, 11) is 2.80. The molecule has 0 bridgehead atoms. The van der Waals surface area contributed by atoms with E-state index in [1.807, 2.05) is 0 Å². The molecule has 0 unspecified atom stereocenters. The Morgan fingerprint density at radius 3 is 2.56 bits per heavy atom. The van der Waals surface area contributed by atoms with Gasteiger partial charge in [-0.1, -0.05) is 0 Å². The average molecular weight is 251 g/mol. The van der Waals surface area contributed by atoms with Gasteiger partial charge in [-0.05, 0) is 6.07 Å². The number of nitriles is 1. The van der Waals surface area contributed by atoms with Crippen LogP contribution in [0.5, 0.6) is 0 Å². The second kappa shape index (κ2) is 5.01. The number of carbonyl (C=O) groups excluding carboxylic acids is 1. The molecular formula is C10H9N3O5. The lowest BCUT2D eigenvalue weighted by atomic mass is 10.2. The number of likely N-dealkylation sites (N-methyl/N-ethyl adjacent to an activating group) is 1. The second-order valence-electron chi connectivity index (χ2n) is 3.43. The monoisotopic (exact) mass is 251 g/mol. The summed E-state index contributed by atoms with van der Waals surface area (Å²) >= 11 is 0. The Hall–Kier alpha value is -2.82. The summed E-state index contributed by atoms with van der Waals surface area (Å²) in [6.45, 7) is 0. The van der Waals surface area contributed by atoms with Crippen molar-refractivity contribution >= 4 is 17.6 Å². The maximum atomic E-state index is 11.5. The summed E-state index contributed by atoms with van der Waals surface area (Å²) in [4.78, 5) is 22.2. The number of hydrogen-bond donors (Lipinski definition) is 1. The predicted octanol–water partition coefficient (Wildman–Crippen LogP) is 1.07. The number of furan rings is 1. The van der Waals surface area contributed by atoms with Crippen molar-refractivity contribution < 1.29 is 19.2 Å². The van der Waals surface area contributed by atoms with Crippen molar-refractivity contribution in [3.05, 3.63) is 33.6 Å². The summed E-state index contributed by atoms with van der Waals surface area (Å²) in [6, 6.07) is 3.65. The fourth-order valence-electron chi connectivity index (χ4n) is 1.10. The van der Waals surface area contributed by atoms with Crippen LogP contribution in [0.3, 0.4) is 0 Å². The molecule has 0 saturated carbocycles. The minimum Gasteiger partial charge on any atom is -0.503 e. The highest BCUT2D eigenvalue weighted by atomic mass is 16.6. The quantitative estimate of drug-likeness (QED) is 0.282. The van der Waals surface area contributed by atoms with Crippen molar-refractivity contribution in [3.8, 4) is 6.07 Å². The standard InChI is InChI=1S/C10H9N3O5/c1-12(2)10(15)6(5-11)9(14)7-3-4-8(18-7)13(16)17/h3-4,14H,1-2H3. The van der Waals surface area contributed by atoms with Crippen LogP contribution in [-0.2, 0) is 4.79 Å². The molecule has 94 valence electrons. The van der Waals surface area contributed by atoms with Crippen LogP contribution in [0.1, 0.15) is 5.76 Å². The van der Waals surface area contributed by atoms with Crippen molar-refractivity contribution in [2.75, 3.05) is 14.1 Å². The summed E-state index contributed by atoms with van der Waals surface area (Å²) in [6.07, 6.45) is 0. The smallest absolute Gasteiger partial charge is 0.433 e. The molecule has 0 aliphatic carbocycles. The number of nitrogens with zero attached hydrogens (tertiary/aromatic N) is 3. The van der Waals surface area contributed by atoms with Crippen LogP contribution in [0.25, 0.3) is 5.76 Å². The summed E-state index contributed by atoms with van der Waals surface area (Å²) in [5, 5.41) is 28.9. The molecule has 8 heteroatoms. The molecule has 1 aromatic heterocycles. The third-order valence-electron chi connectivity index (χ3n) is 1.97.